The highest BCUT2D eigenvalue weighted by atomic mass is 16.1. The highest BCUT2D eigenvalue weighted by molar-refractivity contribution is 5.89. The quantitative estimate of drug-likeness (QED) is 0.815. The summed E-state index contributed by atoms with van der Waals surface area (Å²) < 4.78 is 0. The molecular formula is C18H22N4O. The van der Waals surface area contributed by atoms with E-state index in [2.05, 4.69) is 27.4 Å². The molecule has 4 aliphatic rings. The summed E-state index contributed by atoms with van der Waals surface area (Å²) in [6.45, 7) is 0. The molecule has 1 amide bonds. The van der Waals surface area contributed by atoms with Crippen LogP contribution in [0.1, 0.15) is 32.1 Å². The Balaban J connectivity index is 1.47. The Morgan fingerprint density at radius 2 is 2.04 bits per heavy atom. The van der Waals surface area contributed by atoms with Gasteiger partial charge in [-0.15, -0.1) is 0 Å². The number of aromatic amines is 1. The van der Waals surface area contributed by atoms with E-state index in [-0.39, 0.29) is 11.3 Å². The van der Waals surface area contributed by atoms with Gasteiger partial charge in [-0.05, 0) is 62.0 Å². The lowest BCUT2D eigenvalue weighted by molar-refractivity contribution is -0.143. The average molecular weight is 310 g/mol. The van der Waals surface area contributed by atoms with Crippen molar-refractivity contribution in [3.8, 4) is 0 Å². The highest BCUT2D eigenvalue weighted by Gasteiger charge is 2.57. The Kier molecular flexibility index (Phi) is 2.62. The molecule has 2 aromatic rings. The van der Waals surface area contributed by atoms with Crippen LogP contribution in [0.3, 0.4) is 0 Å². The molecule has 5 nitrogen and oxygen atoms in total. The van der Waals surface area contributed by atoms with Gasteiger partial charge in [0.15, 0.2) is 0 Å². The van der Waals surface area contributed by atoms with Gasteiger partial charge in [-0.1, -0.05) is 0 Å². The van der Waals surface area contributed by atoms with E-state index >= 15 is 0 Å². The number of aromatic nitrogens is 2. The molecule has 5 heteroatoms. The minimum absolute atomic E-state index is 0.0627. The Morgan fingerprint density at radius 3 is 2.78 bits per heavy atom. The molecule has 4 bridgehead atoms. The van der Waals surface area contributed by atoms with Crippen molar-refractivity contribution in [2.24, 2.45) is 28.9 Å². The molecule has 4 fully saturated rings. The van der Waals surface area contributed by atoms with Gasteiger partial charge in [0.1, 0.15) is 5.65 Å². The maximum Gasteiger partial charge on any atom is 0.223 e. The van der Waals surface area contributed by atoms with Crippen molar-refractivity contribution in [1.82, 2.24) is 9.97 Å². The molecule has 4 aliphatic carbocycles. The van der Waals surface area contributed by atoms with Crippen LogP contribution in [0.2, 0.25) is 0 Å². The number of nitrogens with zero attached hydrogens (tertiary/aromatic N) is 1. The fraction of sp³-hybridized carbons (Fsp3) is 0.556. The van der Waals surface area contributed by atoms with E-state index in [1.807, 2.05) is 12.4 Å². The number of hydrogen-bond donors (Lipinski definition) is 3. The number of amides is 1. The number of anilines is 1. The number of pyridine rings is 1. The Morgan fingerprint density at radius 1 is 1.26 bits per heavy atom. The van der Waals surface area contributed by atoms with Crippen molar-refractivity contribution >= 4 is 22.6 Å². The lowest BCUT2D eigenvalue weighted by atomic mass is 9.47. The summed E-state index contributed by atoms with van der Waals surface area (Å²) in [4.78, 5) is 19.6. The van der Waals surface area contributed by atoms with Gasteiger partial charge < -0.3 is 16.0 Å². The third kappa shape index (κ3) is 1.85. The maximum absolute atomic E-state index is 12.0. The van der Waals surface area contributed by atoms with Gasteiger partial charge in [-0.2, -0.15) is 0 Å². The van der Waals surface area contributed by atoms with Gasteiger partial charge in [-0.3, -0.25) is 4.79 Å². The Labute approximate surface area is 135 Å². The number of rotatable bonds is 3. The standard InChI is InChI=1S/C18H22N4O/c19-17(23)18-7-10-5-11(8-18)15(12(6-10)9-18)22-14-2-4-21-16-13(14)1-3-20-16/h1-4,10-12,15H,5-9H2,(H2,19,23)(H2,20,21,22). The number of primary amides is 1. The number of carbonyl (C=O) groups is 1. The number of carbonyl (C=O) groups excluding carboxylic acids is 1. The summed E-state index contributed by atoms with van der Waals surface area (Å²) in [6.07, 6.45) is 9.22. The van der Waals surface area contributed by atoms with Crippen molar-refractivity contribution < 1.29 is 4.79 Å². The molecule has 2 aromatic heterocycles. The van der Waals surface area contributed by atoms with Crippen molar-refractivity contribution in [1.29, 1.82) is 0 Å². The fourth-order valence-corrected chi connectivity index (χ4v) is 5.83. The first-order valence-electron chi connectivity index (χ1n) is 8.63. The predicted octanol–water partition coefficient (Wildman–Crippen LogP) is 2.66. The number of H-pyrrole nitrogens is 1. The minimum atomic E-state index is -0.212. The molecule has 23 heavy (non-hydrogen) atoms. The van der Waals surface area contributed by atoms with E-state index in [1.165, 1.54) is 12.8 Å². The van der Waals surface area contributed by atoms with Crippen LogP contribution in [-0.2, 0) is 4.79 Å². The van der Waals surface area contributed by atoms with Gasteiger partial charge in [0.2, 0.25) is 5.91 Å². The predicted molar refractivity (Wildman–Crippen MR) is 88.7 cm³/mol. The second-order valence-corrected chi connectivity index (χ2v) is 7.88. The third-order valence-corrected chi connectivity index (χ3v) is 6.58. The third-order valence-electron chi connectivity index (χ3n) is 6.58. The molecule has 0 spiro atoms. The smallest absolute Gasteiger partial charge is 0.223 e. The number of nitrogens with two attached hydrogens (primary N) is 1. The molecule has 120 valence electrons. The Bertz CT molecular complexity index is 766. The SMILES string of the molecule is NC(=O)C12CC3CC(C1)C(Nc1ccnc4[nH]ccc14)C(C3)C2. The average Bonchev–Trinajstić information content (AvgIpc) is 2.99. The molecule has 2 unspecified atom stereocenters. The van der Waals surface area contributed by atoms with Crippen molar-refractivity contribution in [3.63, 3.8) is 0 Å². The molecule has 4 N–H and O–H groups in total. The van der Waals surface area contributed by atoms with E-state index in [0.717, 1.165) is 36.0 Å². The highest BCUT2D eigenvalue weighted by Crippen LogP contribution is 2.60. The van der Waals surface area contributed by atoms with Crippen LogP contribution in [-0.4, -0.2) is 21.9 Å². The topological polar surface area (TPSA) is 83.8 Å². The second kappa shape index (κ2) is 4.49. The monoisotopic (exact) mass is 310 g/mol. The van der Waals surface area contributed by atoms with Gasteiger partial charge in [0.05, 0.1) is 0 Å². The molecule has 0 saturated heterocycles. The summed E-state index contributed by atoms with van der Waals surface area (Å²) in [5, 5.41) is 4.94. The van der Waals surface area contributed by atoms with Crippen LogP contribution in [0.4, 0.5) is 5.69 Å². The normalized spacial score (nSPS) is 38.1. The summed E-state index contributed by atoms with van der Waals surface area (Å²) >= 11 is 0. The van der Waals surface area contributed by atoms with E-state index in [4.69, 9.17) is 5.73 Å². The molecule has 6 rings (SSSR count). The molecule has 2 heterocycles. The zero-order valence-electron chi connectivity index (χ0n) is 13.1. The molecule has 0 aromatic carbocycles. The van der Waals surface area contributed by atoms with Crippen LogP contribution >= 0.6 is 0 Å². The lowest BCUT2D eigenvalue weighted by Crippen LogP contribution is -2.59. The molecular weight excluding hydrogens is 288 g/mol. The van der Waals surface area contributed by atoms with Gasteiger partial charge in [0.25, 0.3) is 0 Å². The number of fused-ring (bicyclic) bond motifs is 1. The van der Waals surface area contributed by atoms with E-state index in [0.29, 0.717) is 23.8 Å². The summed E-state index contributed by atoms with van der Waals surface area (Å²) in [5.41, 5.74) is 7.64. The van der Waals surface area contributed by atoms with Crippen LogP contribution < -0.4 is 11.1 Å². The second-order valence-electron chi connectivity index (χ2n) is 7.88. The van der Waals surface area contributed by atoms with Gasteiger partial charge in [0, 0.05) is 34.9 Å². The van der Waals surface area contributed by atoms with E-state index in [9.17, 15) is 4.79 Å². The first-order valence-corrected chi connectivity index (χ1v) is 8.63. The fourth-order valence-electron chi connectivity index (χ4n) is 5.83. The zero-order valence-corrected chi connectivity index (χ0v) is 13.1. The van der Waals surface area contributed by atoms with Gasteiger partial charge in [-0.25, -0.2) is 4.98 Å². The minimum Gasteiger partial charge on any atom is -0.381 e. The number of hydrogen-bond acceptors (Lipinski definition) is 3. The Hall–Kier alpha value is -2.04. The number of nitrogens with one attached hydrogen (secondary N) is 2. The van der Waals surface area contributed by atoms with Crippen LogP contribution in [0.5, 0.6) is 0 Å². The van der Waals surface area contributed by atoms with Crippen LogP contribution in [0, 0.1) is 23.2 Å². The van der Waals surface area contributed by atoms with Crippen LogP contribution in [0.15, 0.2) is 24.5 Å². The molecule has 4 saturated carbocycles. The van der Waals surface area contributed by atoms with Crippen molar-refractivity contribution in [3.05, 3.63) is 24.5 Å². The molecule has 2 atom stereocenters. The van der Waals surface area contributed by atoms with Crippen molar-refractivity contribution in [2.45, 2.75) is 38.1 Å². The summed E-state index contributed by atoms with van der Waals surface area (Å²) in [6, 6.07) is 4.59. The molecule has 0 radical (unpaired) electrons. The largest absolute Gasteiger partial charge is 0.381 e. The first kappa shape index (κ1) is 13.4. The molecule has 0 aliphatic heterocycles. The summed E-state index contributed by atoms with van der Waals surface area (Å²) in [5.74, 6) is 1.77. The maximum atomic E-state index is 12.0. The summed E-state index contributed by atoms with van der Waals surface area (Å²) in [7, 11) is 0. The zero-order chi connectivity index (χ0) is 15.6. The van der Waals surface area contributed by atoms with E-state index in [1.54, 1.807) is 0 Å². The van der Waals surface area contributed by atoms with Crippen LogP contribution in [0.25, 0.3) is 11.0 Å². The van der Waals surface area contributed by atoms with Gasteiger partial charge >= 0.3 is 0 Å². The van der Waals surface area contributed by atoms with Crippen molar-refractivity contribution in [2.75, 3.05) is 5.32 Å². The first-order chi connectivity index (χ1) is 11.1. The lowest BCUT2D eigenvalue weighted by Gasteiger charge is -2.59. The van der Waals surface area contributed by atoms with E-state index < -0.39 is 0 Å².